The van der Waals surface area contributed by atoms with Crippen LogP contribution in [0.5, 0.6) is 11.5 Å². The van der Waals surface area contributed by atoms with Crippen molar-refractivity contribution in [3.8, 4) is 11.5 Å². The Morgan fingerprint density at radius 3 is 2.58 bits per heavy atom. The van der Waals surface area contributed by atoms with Gasteiger partial charge in [0, 0.05) is 38.4 Å². The highest BCUT2D eigenvalue weighted by molar-refractivity contribution is 6.08. The van der Waals surface area contributed by atoms with Crippen molar-refractivity contribution in [2.24, 2.45) is 0 Å². The number of likely N-dealkylation sites (N-methyl/N-ethyl adjacent to an activating group) is 1. The van der Waals surface area contributed by atoms with Crippen LogP contribution in [0.2, 0.25) is 0 Å². The van der Waals surface area contributed by atoms with Crippen molar-refractivity contribution in [3.05, 3.63) is 42.1 Å². The van der Waals surface area contributed by atoms with Crippen LogP contribution in [0.3, 0.4) is 0 Å². The van der Waals surface area contributed by atoms with Crippen LogP contribution in [0, 0.1) is 0 Å². The first kappa shape index (κ1) is 18.0. The number of piperazine rings is 1. The second kappa shape index (κ2) is 8.05. The highest BCUT2D eigenvalue weighted by atomic mass is 16.5. The zero-order chi connectivity index (χ0) is 18.5. The second-order valence-corrected chi connectivity index (χ2v) is 6.19. The molecule has 0 atom stereocenters. The summed E-state index contributed by atoms with van der Waals surface area (Å²) in [6, 6.07) is 8.86. The number of hydrogen-bond acceptors (Lipinski definition) is 6. The first-order valence-electron chi connectivity index (χ1n) is 8.54. The van der Waals surface area contributed by atoms with E-state index in [1.54, 1.807) is 50.7 Å². The number of pyridine rings is 1. The standard InChI is InChI=1S/C19H24N4O3/c1-22-9-11-23(12-10-22)18-15(5-4-8-20-18)19(24)21-16-13-14(25-2)6-7-17(16)26-3/h4-8,13H,9-12H2,1-3H3,(H,21,24). The number of aromatic nitrogens is 1. The quantitative estimate of drug-likeness (QED) is 0.885. The minimum atomic E-state index is -0.224. The Labute approximate surface area is 153 Å². The van der Waals surface area contributed by atoms with E-state index in [1.165, 1.54) is 0 Å². The Hall–Kier alpha value is -2.80. The summed E-state index contributed by atoms with van der Waals surface area (Å²) < 4.78 is 10.6. The Morgan fingerprint density at radius 2 is 1.88 bits per heavy atom. The van der Waals surface area contributed by atoms with Gasteiger partial charge in [0.1, 0.15) is 17.3 Å². The average molecular weight is 356 g/mol. The fraction of sp³-hybridized carbons (Fsp3) is 0.368. The van der Waals surface area contributed by atoms with Gasteiger partial charge >= 0.3 is 0 Å². The van der Waals surface area contributed by atoms with Crippen molar-refractivity contribution in [2.45, 2.75) is 0 Å². The predicted octanol–water partition coefficient (Wildman–Crippen LogP) is 2.10. The molecule has 2 aromatic rings. The molecule has 1 fully saturated rings. The lowest BCUT2D eigenvalue weighted by Gasteiger charge is -2.34. The molecule has 1 aromatic carbocycles. The average Bonchev–Trinajstić information content (AvgIpc) is 2.68. The minimum absolute atomic E-state index is 0.224. The van der Waals surface area contributed by atoms with Crippen LogP contribution in [0.15, 0.2) is 36.5 Å². The number of amides is 1. The van der Waals surface area contributed by atoms with Gasteiger partial charge in [-0.2, -0.15) is 0 Å². The number of ether oxygens (including phenoxy) is 2. The molecule has 0 saturated carbocycles. The third-order valence-electron chi connectivity index (χ3n) is 4.49. The normalized spacial score (nSPS) is 14.8. The van der Waals surface area contributed by atoms with Gasteiger partial charge in [0.2, 0.25) is 0 Å². The Balaban J connectivity index is 1.85. The molecule has 138 valence electrons. The van der Waals surface area contributed by atoms with E-state index in [-0.39, 0.29) is 5.91 Å². The summed E-state index contributed by atoms with van der Waals surface area (Å²) in [6.07, 6.45) is 1.72. The summed E-state index contributed by atoms with van der Waals surface area (Å²) >= 11 is 0. The van der Waals surface area contributed by atoms with Crippen LogP contribution in [0.1, 0.15) is 10.4 Å². The summed E-state index contributed by atoms with van der Waals surface area (Å²) in [5.74, 6) is 1.70. The molecule has 0 aliphatic carbocycles. The van der Waals surface area contributed by atoms with E-state index in [9.17, 15) is 4.79 Å². The molecule has 0 bridgehead atoms. The molecule has 2 heterocycles. The molecular formula is C19H24N4O3. The maximum Gasteiger partial charge on any atom is 0.259 e. The van der Waals surface area contributed by atoms with Gasteiger partial charge in [-0.15, -0.1) is 0 Å². The molecule has 0 unspecified atom stereocenters. The first-order chi connectivity index (χ1) is 12.6. The molecule has 1 amide bonds. The first-order valence-corrected chi connectivity index (χ1v) is 8.54. The van der Waals surface area contributed by atoms with E-state index in [0.29, 0.717) is 28.6 Å². The van der Waals surface area contributed by atoms with Crippen LogP contribution < -0.4 is 19.7 Å². The van der Waals surface area contributed by atoms with Gasteiger partial charge in [0.05, 0.1) is 25.5 Å². The van der Waals surface area contributed by atoms with Crippen molar-refractivity contribution in [3.63, 3.8) is 0 Å². The summed E-state index contributed by atoms with van der Waals surface area (Å²) in [5.41, 5.74) is 1.10. The fourth-order valence-corrected chi connectivity index (χ4v) is 2.95. The molecule has 1 aromatic heterocycles. The number of carbonyl (C=O) groups excluding carboxylic acids is 1. The molecule has 26 heavy (non-hydrogen) atoms. The van der Waals surface area contributed by atoms with Crippen molar-refractivity contribution in [1.82, 2.24) is 9.88 Å². The van der Waals surface area contributed by atoms with E-state index < -0.39 is 0 Å². The Morgan fingerprint density at radius 1 is 1.12 bits per heavy atom. The molecule has 1 aliphatic heterocycles. The molecule has 1 aliphatic rings. The Bertz CT molecular complexity index is 773. The summed E-state index contributed by atoms with van der Waals surface area (Å²) in [7, 11) is 5.25. The van der Waals surface area contributed by atoms with Crippen LogP contribution in [0.4, 0.5) is 11.5 Å². The van der Waals surface area contributed by atoms with Crippen LogP contribution in [-0.4, -0.2) is 63.2 Å². The van der Waals surface area contributed by atoms with E-state index in [4.69, 9.17) is 9.47 Å². The Kier molecular flexibility index (Phi) is 5.58. The van der Waals surface area contributed by atoms with Crippen molar-refractivity contribution < 1.29 is 14.3 Å². The summed E-state index contributed by atoms with van der Waals surface area (Å²) in [5, 5.41) is 2.92. The van der Waals surface area contributed by atoms with E-state index in [1.807, 2.05) is 0 Å². The largest absolute Gasteiger partial charge is 0.497 e. The maximum absolute atomic E-state index is 12.9. The van der Waals surface area contributed by atoms with Gasteiger partial charge < -0.3 is 24.6 Å². The molecule has 7 heteroatoms. The third-order valence-corrected chi connectivity index (χ3v) is 4.49. The van der Waals surface area contributed by atoms with E-state index in [0.717, 1.165) is 26.2 Å². The molecule has 0 spiro atoms. The molecule has 1 saturated heterocycles. The molecule has 3 rings (SSSR count). The van der Waals surface area contributed by atoms with Gasteiger partial charge in [-0.3, -0.25) is 4.79 Å². The van der Waals surface area contributed by atoms with Gasteiger partial charge in [0.25, 0.3) is 5.91 Å². The SMILES string of the molecule is COc1ccc(OC)c(NC(=O)c2cccnc2N2CCN(C)CC2)c1. The van der Waals surface area contributed by atoms with Crippen LogP contribution in [-0.2, 0) is 0 Å². The summed E-state index contributed by atoms with van der Waals surface area (Å²) in [4.78, 5) is 21.8. The number of nitrogens with zero attached hydrogens (tertiary/aromatic N) is 3. The monoisotopic (exact) mass is 356 g/mol. The zero-order valence-electron chi connectivity index (χ0n) is 15.4. The summed E-state index contributed by atoms with van der Waals surface area (Å²) in [6.45, 7) is 3.58. The van der Waals surface area contributed by atoms with E-state index >= 15 is 0 Å². The second-order valence-electron chi connectivity index (χ2n) is 6.19. The number of benzene rings is 1. The van der Waals surface area contributed by atoms with Crippen molar-refractivity contribution in [1.29, 1.82) is 0 Å². The smallest absolute Gasteiger partial charge is 0.259 e. The number of hydrogen-bond donors (Lipinski definition) is 1. The van der Waals surface area contributed by atoms with Gasteiger partial charge in [-0.1, -0.05) is 0 Å². The highest BCUT2D eigenvalue weighted by Gasteiger charge is 2.22. The number of anilines is 2. The van der Waals surface area contributed by atoms with Gasteiger partial charge in [-0.25, -0.2) is 4.98 Å². The zero-order valence-corrected chi connectivity index (χ0v) is 15.4. The van der Waals surface area contributed by atoms with Gasteiger partial charge in [-0.05, 0) is 31.3 Å². The van der Waals surface area contributed by atoms with E-state index in [2.05, 4.69) is 27.1 Å². The van der Waals surface area contributed by atoms with Crippen LogP contribution >= 0.6 is 0 Å². The number of rotatable bonds is 5. The lowest BCUT2D eigenvalue weighted by molar-refractivity contribution is 0.102. The topological polar surface area (TPSA) is 66.9 Å². The molecular weight excluding hydrogens is 332 g/mol. The molecule has 0 radical (unpaired) electrons. The van der Waals surface area contributed by atoms with Gasteiger partial charge in [0.15, 0.2) is 0 Å². The number of methoxy groups -OCH3 is 2. The number of carbonyl (C=O) groups is 1. The van der Waals surface area contributed by atoms with Crippen LogP contribution in [0.25, 0.3) is 0 Å². The lowest BCUT2D eigenvalue weighted by atomic mass is 10.2. The molecule has 1 N–H and O–H groups in total. The van der Waals surface area contributed by atoms with Crippen molar-refractivity contribution in [2.75, 3.05) is 57.7 Å². The van der Waals surface area contributed by atoms with Crippen molar-refractivity contribution >= 4 is 17.4 Å². The lowest BCUT2D eigenvalue weighted by Crippen LogP contribution is -2.45. The maximum atomic E-state index is 12.9. The highest BCUT2D eigenvalue weighted by Crippen LogP contribution is 2.30. The third kappa shape index (κ3) is 3.88. The molecule has 7 nitrogen and oxygen atoms in total. The minimum Gasteiger partial charge on any atom is -0.497 e. The number of nitrogens with one attached hydrogen (secondary N) is 1. The fourth-order valence-electron chi connectivity index (χ4n) is 2.95. The predicted molar refractivity (Wildman–Crippen MR) is 101 cm³/mol.